The first kappa shape index (κ1) is 24.9. The largest absolute Gasteiger partial charge is 0.348 e. The van der Waals surface area contributed by atoms with Crippen molar-refractivity contribution in [3.63, 3.8) is 0 Å². The minimum atomic E-state index is -3.80. The number of amides is 2. The Morgan fingerprint density at radius 2 is 1.73 bits per heavy atom. The molecule has 3 rings (SSSR count). The van der Waals surface area contributed by atoms with Crippen LogP contribution < -0.4 is 10.6 Å². The number of anilines is 1. The third-order valence-corrected chi connectivity index (χ3v) is 8.10. The first-order valence-electron chi connectivity index (χ1n) is 11.0. The summed E-state index contributed by atoms with van der Waals surface area (Å²) in [5.41, 5.74) is 2.68. The number of carbonyl (C=O) groups excluding carboxylic acids is 2. The number of aryl methyl sites for hydroxylation is 3. The minimum absolute atomic E-state index is 0.0906. The molecule has 2 amide bonds. The molecular weight excluding hydrogens is 445 g/mol. The molecule has 2 aromatic rings. The zero-order chi connectivity index (χ0) is 24.2. The summed E-state index contributed by atoms with van der Waals surface area (Å²) < 4.78 is 41.4. The van der Waals surface area contributed by atoms with Crippen molar-refractivity contribution in [1.82, 2.24) is 9.62 Å². The fourth-order valence-corrected chi connectivity index (χ4v) is 6.15. The summed E-state index contributed by atoms with van der Waals surface area (Å²) in [6, 6.07) is 8.91. The van der Waals surface area contributed by atoms with Crippen LogP contribution in [0.2, 0.25) is 0 Å². The first-order chi connectivity index (χ1) is 15.6. The maximum atomic E-state index is 13.5. The molecule has 1 saturated heterocycles. The molecule has 1 unspecified atom stereocenters. The smallest absolute Gasteiger partial charge is 0.313 e. The number of hydrogen-bond acceptors (Lipinski definition) is 4. The lowest BCUT2D eigenvalue weighted by Crippen LogP contribution is -2.46. The van der Waals surface area contributed by atoms with Crippen LogP contribution in [0.5, 0.6) is 0 Å². The maximum Gasteiger partial charge on any atom is 0.313 e. The van der Waals surface area contributed by atoms with Crippen LogP contribution in [0.25, 0.3) is 0 Å². The molecule has 0 saturated carbocycles. The third kappa shape index (κ3) is 5.78. The quantitative estimate of drug-likeness (QED) is 0.626. The summed E-state index contributed by atoms with van der Waals surface area (Å²) in [7, 11) is -3.80. The van der Waals surface area contributed by atoms with E-state index in [-0.39, 0.29) is 17.5 Å². The van der Waals surface area contributed by atoms with Crippen molar-refractivity contribution in [2.45, 2.75) is 57.4 Å². The summed E-state index contributed by atoms with van der Waals surface area (Å²) >= 11 is 0. The fraction of sp³-hybridized carbons (Fsp3) is 0.417. The van der Waals surface area contributed by atoms with Crippen LogP contribution >= 0.6 is 0 Å². The van der Waals surface area contributed by atoms with E-state index in [0.717, 1.165) is 30.0 Å². The van der Waals surface area contributed by atoms with E-state index in [1.165, 1.54) is 16.4 Å². The highest BCUT2D eigenvalue weighted by atomic mass is 32.2. The number of piperidine rings is 1. The molecule has 1 heterocycles. The number of hydrogen-bond donors (Lipinski definition) is 2. The lowest BCUT2D eigenvalue weighted by atomic mass is 10.0. The van der Waals surface area contributed by atoms with Gasteiger partial charge in [-0.05, 0) is 74.9 Å². The molecule has 1 fully saturated rings. The molecule has 2 aromatic carbocycles. The van der Waals surface area contributed by atoms with E-state index in [9.17, 15) is 22.4 Å². The number of benzene rings is 2. The normalized spacial score (nSPS) is 16.9. The molecule has 1 atom stereocenters. The minimum Gasteiger partial charge on any atom is -0.348 e. The molecule has 33 heavy (non-hydrogen) atoms. The maximum absolute atomic E-state index is 13.5. The zero-order valence-electron chi connectivity index (χ0n) is 19.2. The van der Waals surface area contributed by atoms with Crippen LogP contribution in [0, 0.1) is 26.6 Å². The number of carbonyl (C=O) groups is 2. The van der Waals surface area contributed by atoms with Gasteiger partial charge in [-0.25, -0.2) is 12.8 Å². The SMILES string of the molecule is Cc1cc(F)ccc1S(=O)(=O)N1CCCCC1CCNC(=O)C(=O)Nc1c(C)cccc1C. The van der Waals surface area contributed by atoms with Gasteiger partial charge in [0.05, 0.1) is 4.90 Å². The Morgan fingerprint density at radius 1 is 1.03 bits per heavy atom. The van der Waals surface area contributed by atoms with Gasteiger partial charge in [-0.3, -0.25) is 9.59 Å². The third-order valence-electron chi connectivity index (χ3n) is 5.99. The van der Waals surface area contributed by atoms with E-state index >= 15 is 0 Å². The Kier molecular flexibility index (Phi) is 7.86. The van der Waals surface area contributed by atoms with Crippen molar-refractivity contribution in [2.75, 3.05) is 18.4 Å². The standard InChI is InChI=1S/C24H30FN3O4S/c1-16-7-6-8-17(2)22(16)27-24(30)23(29)26-13-12-20-9-4-5-14-28(20)33(31,32)21-11-10-19(25)15-18(21)3/h6-8,10-11,15,20H,4-5,9,12-14H2,1-3H3,(H,26,29)(H,27,30). The van der Waals surface area contributed by atoms with Gasteiger partial charge in [-0.1, -0.05) is 24.6 Å². The van der Waals surface area contributed by atoms with Gasteiger partial charge < -0.3 is 10.6 Å². The van der Waals surface area contributed by atoms with E-state index in [0.29, 0.717) is 30.6 Å². The first-order valence-corrected chi connectivity index (χ1v) is 12.5. The molecule has 0 aliphatic carbocycles. The molecule has 2 N–H and O–H groups in total. The predicted octanol–water partition coefficient (Wildman–Crippen LogP) is 3.44. The lowest BCUT2D eigenvalue weighted by molar-refractivity contribution is -0.136. The van der Waals surface area contributed by atoms with Crippen LogP contribution in [-0.4, -0.2) is 43.7 Å². The highest BCUT2D eigenvalue weighted by Gasteiger charge is 2.34. The number of rotatable bonds is 6. The predicted molar refractivity (Wildman–Crippen MR) is 125 cm³/mol. The molecule has 0 radical (unpaired) electrons. The summed E-state index contributed by atoms with van der Waals surface area (Å²) in [6.07, 6.45) is 2.65. The molecule has 0 bridgehead atoms. The van der Waals surface area contributed by atoms with E-state index in [4.69, 9.17) is 0 Å². The average molecular weight is 476 g/mol. The Bertz CT molecular complexity index is 1130. The Labute approximate surface area is 194 Å². The second kappa shape index (κ2) is 10.4. The Balaban J connectivity index is 1.62. The number of nitrogens with zero attached hydrogens (tertiary/aromatic N) is 1. The van der Waals surface area contributed by atoms with Crippen molar-refractivity contribution in [3.8, 4) is 0 Å². The van der Waals surface area contributed by atoms with Crippen molar-refractivity contribution < 1.29 is 22.4 Å². The number of para-hydroxylation sites is 1. The average Bonchev–Trinajstić information content (AvgIpc) is 2.76. The molecule has 1 aliphatic rings. The van der Waals surface area contributed by atoms with Gasteiger partial charge in [-0.2, -0.15) is 4.31 Å². The summed E-state index contributed by atoms with van der Waals surface area (Å²) in [5, 5.41) is 5.24. The Hall–Kier alpha value is -2.78. The van der Waals surface area contributed by atoms with Crippen molar-refractivity contribution in [1.29, 1.82) is 0 Å². The molecule has 1 aliphatic heterocycles. The molecule has 0 spiro atoms. The highest BCUT2D eigenvalue weighted by molar-refractivity contribution is 7.89. The second-order valence-electron chi connectivity index (χ2n) is 8.44. The summed E-state index contributed by atoms with van der Waals surface area (Å²) in [6.45, 7) is 5.80. The topological polar surface area (TPSA) is 95.6 Å². The van der Waals surface area contributed by atoms with Crippen LogP contribution in [0.1, 0.15) is 42.4 Å². The van der Waals surface area contributed by atoms with E-state index in [1.54, 1.807) is 6.92 Å². The van der Waals surface area contributed by atoms with Gasteiger partial charge in [0.2, 0.25) is 10.0 Å². The van der Waals surface area contributed by atoms with Gasteiger partial charge in [0.1, 0.15) is 5.82 Å². The second-order valence-corrected chi connectivity index (χ2v) is 10.3. The molecule has 0 aromatic heterocycles. The van der Waals surface area contributed by atoms with Crippen molar-refractivity contribution in [2.24, 2.45) is 0 Å². The van der Waals surface area contributed by atoms with Crippen LogP contribution in [-0.2, 0) is 19.6 Å². The van der Waals surface area contributed by atoms with Crippen molar-refractivity contribution in [3.05, 3.63) is 58.9 Å². The molecule has 7 nitrogen and oxygen atoms in total. The van der Waals surface area contributed by atoms with Gasteiger partial charge in [0.25, 0.3) is 0 Å². The van der Waals surface area contributed by atoms with E-state index < -0.39 is 27.7 Å². The van der Waals surface area contributed by atoms with E-state index in [1.807, 2.05) is 32.0 Å². The monoisotopic (exact) mass is 475 g/mol. The summed E-state index contributed by atoms with van der Waals surface area (Å²) in [4.78, 5) is 24.7. The Morgan fingerprint density at radius 3 is 2.39 bits per heavy atom. The highest BCUT2D eigenvalue weighted by Crippen LogP contribution is 2.29. The number of sulfonamides is 1. The zero-order valence-corrected chi connectivity index (χ0v) is 20.0. The van der Waals surface area contributed by atoms with Crippen molar-refractivity contribution >= 4 is 27.5 Å². The van der Waals surface area contributed by atoms with Crippen LogP contribution in [0.4, 0.5) is 10.1 Å². The van der Waals surface area contributed by atoms with E-state index in [2.05, 4.69) is 10.6 Å². The lowest BCUT2D eigenvalue weighted by Gasteiger charge is -2.35. The van der Waals surface area contributed by atoms with Crippen LogP contribution in [0.3, 0.4) is 0 Å². The molecule has 178 valence electrons. The van der Waals surface area contributed by atoms with Gasteiger partial charge in [0.15, 0.2) is 0 Å². The van der Waals surface area contributed by atoms with Gasteiger partial charge >= 0.3 is 11.8 Å². The fourth-order valence-electron chi connectivity index (χ4n) is 4.22. The van der Waals surface area contributed by atoms with Gasteiger partial charge in [-0.15, -0.1) is 0 Å². The number of halogens is 1. The summed E-state index contributed by atoms with van der Waals surface area (Å²) in [5.74, 6) is -2.01. The van der Waals surface area contributed by atoms with Gasteiger partial charge in [0, 0.05) is 24.8 Å². The molecular formula is C24H30FN3O4S. The van der Waals surface area contributed by atoms with Crippen LogP contribution in [0.15, 0.2) is 41.3 Å². The molecule has 9 heteroatoms. The number of nitrogens with one attached hydrogen (secondary N) is 2.